The van der Waals surface area contributed by atoms with E-state index in [0.29, 0.717) is 17.8 Å². The zero-order valence-electron chi connectivity index (χ0n) is 14.2. The summed E-state index contributed by atoms with van der Waals surface area (Å²) >= 11 is 0. The number of aromatic nitrogens is 3. The number of fused-ring (bicyclic) bond motifs is 1. The van der Waals surface area contributed by atoms with Crippen LogP contribution in [0.3, 0.4) is 0 Å². The van der Waals surface area contributed by atoms with Gasteiger partial charge in [0.2, 0.25) is 0 Å². The molecule has 0 bridgehead atoms. The van der Waals surface area contributed by atoms with Crippen molar-refractivity contribution < 1.29 is 4.92 Å². The Morgan fingerprint density at radius 1 is 0.926 bits per heavy atom. The number of para-hydroxylation sites is 2. The van der Waals surface area contributed by atoms with Crippen molar-refractivity contribution in [2.45, 2.75) is 6.54 Å². The fourth-order valence-electron chi connectivity index (χ4n) is 2.89. The minimum Gasteiger partial charge on any atom is -0.380 e. The third kappa shape index (κ3) is 3.43. The standard InChI is InChI=1S/C20H15N5O2/c26-25(27)19-8-4-1-5-14(19)13-23-16-7-3-2-6-15(16)17-9-10-18-20(24-17)22-12-11-21-18/h1-12,23H,13H2. The summed E-state index contributed by atoms with van der Waals surface area (Å²) in [6, 6.07) is 18.2. The number of nitrogens with zero attached hydrogens (tertiary/aromatic N) is 4. The molecule has 0 saturated carbocycles. The van der Waals surface area contributed by atoms with Gasteiger partial charge in [-0.3, -0.25) is 15.1 Å². The lowest BCUT2D eigenvalue weighted by Gasteiger charge is -2.12. The number of rotatable bonds is 5. The van der Waals surface area contributed by atoms with Crippen molar-refractivity contribution in [2.24, 2.45) is 0 Å². The van der Waals surface area contributed by atoms with Crippen molar-refractivity contribution in [1.82, 2.24) is 15.0 Å². The SMILES string of the molecule is O=[N+]([O-])c1ccccc1CNc1ccccc1-c1ccc2nccnc2n1. The molecule has 0 radical (unpaired) electrons. The van der Waals surface area contributed by atoms with Gasteiger partial charge in [0, 0.05) is 41.8 Å². The highest BCUT2D eigenvalue weighted by Gasteiger charge is 2.13. The Balaban J connectivity index is 1.66. The van der Waals surface area contributed by atoms with Crippen molar-refractivity contribution in [3.8, 4) is 11.3 Å². The van der Waals surface area contributed by atoms with Crippen LogP contribution in [0.4, 0.5) is 11.4 Å². The van der Waals surface area contributed by atoms with Crippen LogP contribution in [0, 0.1) is 10.1 Å². The predicted octanol–water partition coefficient (Wildman–Crippen LogP) is 4.21. The van der Waals surface area contributed by atoms with Gasteiger partial charge < -0.3 is 5.32 Å². The van der Waals surface area contributed by atoms with E-state index < -0.39 is 0 Å². The van der Waals surface area contributed by atoms with Crippen LogP contribution >= 0.6 is 0 Å². The highest BCUT2D eigenvalue weighted by atomic mass is 16.6. The Labute approximate surface area is 154 Å². The summed E-state index contributed by atoms with van der Waals surface area (Å²) in [6.45, 7) is 0.335. The summed E-state index contributed by atoms with van der Waals surface area (Å²) in [4.78, 5) is 23.9. The first-order chi connectivity index (χ1) is 13.2. The zero-order valence-corrected chi connectivity index (χ0v) is 14.2. The molecule has 0 aliphatic rings. The van der Waals surface area contributed by atoms with E-state index in [4.69, 9.17) is 0 Å². The molecule has 7 nitrogen and oxygen atoms in total. The number of anilines is 1. The van der Waals surface area contributed by atoms with Gasteiger partial charge in [-0.15, -0.1) is 0 Å². The lowest BCUT2D eigenvalue weighted by molar-refractivity contribution is -0.385. The van der Waals surface area contributed by atoms with Gasteiger partial charge in [0.1, 0.15) is 5.52 Å². The normalized spacial score (nSPS) is 10.7. The minimum absolute atomic E-state index is 0.0987. The van der Waals surface area contributed by atoms with Crippen LogP contribution in [-0.4, -0.2) is 19.9 Å². The number of nitro benzene ring substituents is 1. The van der Waals surface area contributed by atoms with Crippen molar-refractivity contribution in [3.63, 3.8) is 0 Å². The molecule has 0 aliphatic carbocycles. The van der Waals surface area contributed by atoms with Gasteiger partial charge in [-0.2, -0.15) is 0 Å². The minimum atomic E-state index is -0.369. The average molecular weight is 357 g/mol. The molecule has 2 aromatic heterocycles. The molecule has 7 heteroatoms. The molecule has 2 heterocycles. The van der Waals surface area contributed by atoms with Crippen molar-refractivity contribution in [3.05, 3.63) is 88.7 Å². The summed E-state index contributed by atoms with van der Waals surface area (Å²) < 4.78 is 0. The lowest BCUT2D eigenvalue weighted by atomic mass is 10.1. The molecule has 0 fully saturated rings. The molecule has 0 aliphatic heterocycles. The number of nitro groups is 1. The Morgan fingerprint density at radius 3 is 2.59 bits per heavy atom. The number of hydrogen-bond donors (Lipinski definition) is 1. The molecule has 27 heavy (non-hydrogen) atoms. The average Bonchev–Trinajstić information content (AvgIpc) is 2.72. The first-order valence-corrected chi connectivity index (χ1v) is 8.36. The monoisotopic (exact) mass is 357 g/mol. The third-order valence-corrected chi connectivity index (χ3v) is 4.19. The Kier molecular flexibility index (Phi) is 4.40. The first-order valence-electron chi connectivity index (χ1n) is 8.36. The van der Waals surface area contributed by atoms with Crippen LogP contribution in [0.2, 0.25) is 0 Å². The molecule has 0 atom stereocenters. The summed E-state index contributed by atoms with van der Waals surface area (Å²) in [6.07, 6.45) is 3.24. The van der Waals surface area contributed by atoms with Crippen LogP contribution in [0.1, 0.15) is 5.56 Å². The molecule has 0 unspecified atom stereocenters. The fourth-order valence-corrected chi connectivity index (χ4v) is 2.89. The number of nitrogens with one attached hydrogen (secondary N) is 1. The first kappa shape index (κ1) is 16.6. The molecular formula is C20H15N5O2. The number of benzene rings is 2. The van der Waals surface area contributed by atoms with E-state index in [1.165, 1.54) is 6.07 Å². The second kappa shape index (κ2) is 7.17. The molecular weight excluding hydrogens is 342 g/mol. The topological polar surface area (TPSA) is 93.8 Å². The van der Waals surface area contributed by atoms with E-state index in [1.807, 2.05) is 36.4 Å². The second-order valence-corrected chi connectivity index (χ2v) is 5.88. The fraction of sp³-hybridized carbons (Fsp3) is 0.0500. The Morgan fingerprint density at radius 2 is 1.70 bits per heavy atom. The maximum atomic E-state index is 11.2. The van der Waals surface area contributed by atoms with E-state index in [-0.39, 0.29) is 10.6 Å². The van der Waals surface area contributed by atoms with Crippen molar-refractivity contribution in [2.75, 3.05) is 5.32 Å². The van der Waals surface area contributed by atoms with Gasteiger partial charge in [-0.05, 0) is 18.2 Å². The molecule has 4 aromatic rings. The van der Waals surface area contributed by atoms with Crippen molar-refractivity contribution >= 4 is 22.5 Å². The van der Waals surface area contributed by atoms with Gasteiger partial charge in [0.25, 0.3) is 5.69 Å². The van der Waals surface area contributed by atoms with E-state index in [9.17, 15) is 10.1 Å². The van der Waals surface area contributed by atoms with Crippen LogP contribution in [-0.2, 0) is 6.54 Å². The quantitative estimate of drug-likeness (QED) is 0.425. The molecule has 0 spiro atoms. The number of hydrogen-bond acceptors (Lipinski definition) is 6. The second-order valence-electron chi connectivity index (χ2n) is 5.88. The largest absolute Gasteiger partial charge is 0.380 e. The predicted molar refractivity (Wildman–Crippen MR) is 103 cm³/mol. The summed E-state index contributed by atoms with van der Waals surface area (Å²) in [5.74, 6) is 0. The molecule has 1 N–H and O–H groups in total. The highest BCUT2D eigenvalue weighted by Crippen LogP contribution is 2.28. The van der Waals surface area contributed by atoms with E-state index in [0.717, 1.165) is 22.5 Å². The smallest absolute Gasteiger partial charge is 0.274 e. The maximum absolute atomic E-state index is 11.2. The molecule has 132 valence electrons. The summed E-state index contributed by atoms with van der Waals surface area (Å²) in [7, 11) is 0. The third-order valence-electron chi connectivity index (χ3n) is 4.19. The Bertz CT molecular complexity index is 1130. The molecule has 2 aromatic carbocycles. The van der Waals surface area contributed by atoms with Crippen LogP contribution in [0.15, 0.2) is 73.1 Å². The number of pyridine rings is 1. The highest BCUT2D eigenvalue weighted by molar-refractivity contribution is 5.80. The van der Waals surface area contributed by atoms with Crippen LogP contribution in [0.25, 0.3) is 22.4 Å². The van der Waals surface area contributed by atoms with Crippen LogP contribution in [0.5, 0.6) is 0 Å². The van der Waals surface area contributed by atoms with E-state index in [2.05, 4.69) is 20.3 Å². The summed E-state index contributed by atoms with van der Waals surface area (Å²) in [5.41, 5.74) is 4.51. The van der Waals surface area contributed by atoms with Gasteiger partial charge in [0.05, 0.1) is 10.6 Å². The van der Waals surface area contributed by atoms with E-state index in [1.54, 1.807) is 30.6 Å². The van der Waals surface area contributed by atoms with Gasteiger partial charge >= 0.3 is 0 Å². The molecule has 0 saturated heterocycles. The van der Waals surface area contributed by atoms with Gasteiger partial charge in [-0.25, -0.2) is 9.97 Å². The molecule has 4 rings (SSSR count). The zero-order chi connectivity index (χ0) is 18.6. The van der Waals surface area contributed by atoms with Crippen LogP contribution < -0.4 is 5.32 Å². The molecule has 0 amide bonds. The van der Waals surface area contributed by atoms with E-state index >= 15 is 0 Å². The van der Waals surface area contributed by atoms with Gasteiger partial charge in [0.15, 0.2) is 5.65 Å². The van der Waals surface area contributed by atoms with Crippen molar-refractivity contribution in [1.29, 1.82) is 0 Å². The van der Waals surface area contributed by atoms with Gasteiger partial charge in [-0.1, -0.05) is 36.4 Å². The summed E-state index contributed by atoms with van der Waals surface area (Å²) in [5, 5.41) is 14.5. The Hall–Kier alpha value is -3.87. The maximum Gasteiger partial charge on any atom is 0.274 e. The lowest BCUT2D eigenvalue weighted by Crippen LogP contribution is -2.04.